The van der Waals surface area contributed by atoms with Crippen LogP contribution in [-0.4, -0.2) is 15.0 Å². The van der Waals surface area contributed by atoms with E-state index in [9.17, 15) is 0 Å². The molecule has 20 heavy (non-hydrogen) atoms. The number of nitrogen functional groups attached to an aromatic ring is 1. The van der Waals surface area contributed by atoms with Gasteiger partial charge in [0.2, 0.25) is 0 Å². The molecule has 3 aromatic rings. The molecule has 0 aliphatic rings. The molecule has 0 aliphatic heterocycles. The lowest BCUT2D eigenvalue weighted by molar-refractivity contribution is 1.07. The fraction of sp³-hybridized carbons (Fsp3) is 0.188. The lowest BCUT2D eigenvalue weighted by Gasteiger charge is -2.11. The highest BCUT2D eigenvalue weighted by Crippen LogP contribution is 2.30. The Balaban J connectivity index is 2.26. The molecule has 2 heterocycles. The fourth-order valence-electron chi connectivity index (χ4n) is 2.37. The molecular formula is C16H16N4. The van der Waals surface area contributed by atoms with E-state index < -0.39 is 0 Å². The molecule has 2 N–H and O–H groups in total. The van der Waals surface area contributed by atoms with E-state index in [0.29, 0.717) is 17.3 Å². The van der Waals surface area contributed by atoms with Crippen LogP contribution in [0.4, 0.5) is 5.82 Å². The van der Waals surface area contributed by atoms with Crippen LogP contribution in [0, 0.1) is 6.92 Å². The van der Waals surface area contributed by atoms with Gasteiger partial charge in [-0.25, -0.2) is 15.0 Å². The second-order valence-corrected chi connectivity index (χ2v) is 4.76. The highest BCUT2D eigenvalue weighted by atomic mass is 15.0. The number of pyridine rings is 1. The SMILES string of the molecule is CCc1ccccc1-c1cc2cnc(C)nc2nc1N. The van der Waals surface area contributed by atoms with Crippen molar-refractivity contribution < 1.29 is 0 Å². The Hall–Kier alpha value is -2.49. The molecule has 1 aromatic carbocycles. The first kappa shape index (κ1) is 12.5. The fourth-order valence-corrected chi connectivity index (χ4v) is 2.37. The third-order valence-corrected chi connectivity index (χ3v) is 3.41. The summed E-state index contributed by atoms with van der Waals surface area (Å²) in [6, 6.07) is 10.3. The van der Waals surface area contributed by atoms with Gasteiger partial charge < -0.3 is 5.73 Å². The van der Waals surface area contributed by atoms with Crippen LogP contribution in [0.1, 0.15) is 18.3 Å². The van der Waals surface area contributed by atoms with Crippen LogP contribution in [0.15, 0.2) is 36.5 Å². The summed E-state index contributed by atoms with van der Waals surface area (Å²) in [5.74, 6) is 1.21. The van der Waals surface area contributed by atoms with Gasteiger partial charge in [-0.05, 0) is 30.5 Å². The predicted octanol–water partition coefficient (Wildman–Crippen LogP) is 3.14. The molecule has 0 spiro atoms. The van der Waals surface area contributed by atoms with Crippen LogP contribution >= 0.6 is 0 Å². The molecule has 0 unspecified atom stereocenters. The average molecular weight is 264 g/mol. The summed E-state index contributed by atoms with van der Waals surface area (Å²) in [5.41, 5.74) is 10.1. The van der Waals surface area contributed by atoms with Gasteiger partial charge >= 0.3 is 0 Å². The van der Waals surface area contributed by atoms with Gasteiger partial charge in [0.1, 0.15) is 11.6 Å². The maximum Gasteiger partial charge on any atom is 0.165 e. The predicted molar refractivity (Wildman–Crippen MR) is 81.3 cm³/mol. The summed E-state index contributed by atoms with van der Waals surface area (Å²) in [6.07, 6.45) is 2.75. The van der Waals surface area contributed by atoms with Crippen molar-refractivity contribution in [3.05, 3.63) is 47.9 Å². The molecular weight excluding hydrogens is 248 g/mol. The van der Waals surface area contributed by atoms with Gasteiger partial charge in [0, 0.05) is 17.1 Å². The molecule has 2 aromatic heterocycles. The molecule has 0 amide bonds. The van der Waals surface area contributed by atoms with Crippen molar-refractivity contribution >= 4 is 16.9 Å². The first-order chi connectivity index (χ1) is 9.69. The molecule has 0 bridgehead atoms. The van der Waals surface area contributed by atoms with Crippen LogP contribution in [0.3, 0.4) is 0 Å². The Morgan fingerprint density at radius 2 is 1.90 bits per heavy atom. The monoisotopic (exact) mass is 264 g/mol. The number of rotatable bonds is 2. The molecule has 3 rings (SSSR count). The Kier molecular flexibility index (Phi) is 3.06. The van der Waals surface area contributed by atoms with Crippen molar-refractivity contribution in [3.8, 4) is 11.1 Å². The third-order valence-electron chi connectivity index (χ3n) is 3.41. The number of aryl methyl sites for hydroxylation is 2. The lowest BCUT2D eigenvalue weighted by Crippen LogP contribution is -1.99. The minimum Gasteiger partial charge on any atom is -0.383 e. The van der Waals surface area contributed by atoms with Crippen LogP contribution < -0.4 is 5.73 Å². The number of anilines is 1. The summed E-state index contributed by atoms with van der Waals surface area (Å²) >= 11 is 0. The molecule has 0 aliphatic carbocycles. The number of aromatic nitrogens is 3. The van der Waals surface area contributed by atoms with E-state index in [1.807, 2.05) is 25.1 Å². The van der Waals surface area contributed by atoms with Gasteiger partial charge in [-0.15, -0.1) is 0 Å². The highest BCUT2D eigenvalue weighted by Gasteiger charge is 2.10. The second kappa shape index (κ2) is 4.89. The number of nitrogens with zero attached hydrogens (tertiary/aromatic N) is 3. The second-order valence-electron chi connectivity index (χ2n) is 4.76. The van der Waals surface area contributed by atoms with Crippen LogP contribution in [0.25, 0.3) is 22.2 Å². The molecule has 0 saturated heterocycles. The summed E-state index contributed by atoms with van der Waals surface area (Å²) in [6.45, 7) is 3.98. The van der Waals surface area contributed by atoms with Gasteiger partial charge in [-0.3, -0.25) is 0 Å². The molecule has 0 radical (unpaired) electrons. The van der Waals surface area contributed by atoms with E-state index in [4.69, 9.17) is 5.73 Å². The maximum absolute atomic E-state index is 6.12. The Labute approximate surface area is 117 Å². The van der Waals surface area contributed by atoms with Gasteiger partial charge in [0.05, 0.1) is 0 Å². The first-order valence-electron chi connectivity index (χ1n) is 6.67. The third kappa shape index (κ3) is 2.09. The smallest absolute Gasteiger partial charge is 0.165 e. The standard InChI is InChI=1S/C16H16N4/c1-3-11-6-4-5-7-13(11)14-8-12-9-18-10(2)19-16(12)20-15(14)17/h4-9H,3H2,1-2H3,(H2,17,18,19,20). The number of benzene rings is 1. The lowest BCUT2D eigenvalue weighted by atomic mass is 9.98. The zero-order valence-corrected chi connectivity index (χ0v) is 11.6. The van der Waals surface area contributed by atoms with Crippen molar-refractivity contribution in [1.82, 2.24) is 15.0 Å². The first-order valence-corrected chi connectivity index (χ1v) is 6.67. The number of fused-ring (bicyclic) bond motifs is 1. The summed E-state index contributed by atoms with van der Waals surface area (Å²) in [5, 5.41) is 0.908. The number of hydrogen-bond donors (Lipinski definition) is 1. The molecule has 0 fully saturated rings. The van der Waals surface area contributed by atoms with E-state index in [2.05, 4.69) is 34.0 Å². The summed E-state index contributed by atoms with van der Waals surface area (Å²) < 4.78 is 0. The van der Waals surface area contributed by atoms with Crippen LogP contribution in [-0.2, 0) is 6.42 Å². The quantitative estimate of drug-likeness (QED) is 0.772. The highest BCUT2D eigenvalue weighted by molar-refractivity contribution is 5.87. The molecule has 100 valence electrons. The van der Waals surface area contributed by atoms with Crippen molar-refractivity contribution in [1.29, 1.82) is 0 Å². The van der Waals surface area contributed by atoms with E-state index in [1.165, 1.54) is 5.56 Å². The zero-order chi connectivity index (χ0) is 14.1. The van der Waals surface area contributed by atoms with E-state index in [1.54, 1.807) is 6.20 Å². The minimum atomic E-state index is 0.511. The number of nitrogens with two attached hydrogens (primary N) is 1. The van der Waals surface area contributed by atoms with Crippen LogP contribution in [0.2, 0.25) is 0 Å². The number of hydrogen-bond acceptors (Lipinski definition) is 4. The van der Waals surface area contributed by atoms with Crippen molar-refractivity contribution in [3.63, 3.8) is 0 Å². The van der Waals surface area contributed by atoms with Crippen molar-refractivity contribution in [2.75, 3.05) is 5.73 Å². The van der Waals surface area contributed by atoms with E-state index in [0.717, 1.165) is 22.9 Å². The molecule has 0 atom stereocenters. The Morgan fingerprint density at radius 1 is 1.10 bits per heavy atom. The molecule has 0 saturated carbocycles. The average Bonchev–Trinajstić information content (AvgIpc) is 2.46. The van der Waals surface area contributed by atoms with Gasteiger partial charge in [-0.2, -0.15) is 0 Å². The summed E-state index contributed by atoms with van der Waals surface area (Å²) in [4.78, 5) is 12.9. The van der Waals surface area contributed by atoms with Gasteiger partial charge in [0.25, 0.3) is 0 Å². The Bertz CT molecular complexity index is 781. The van der Waals surface area contributed by atoms with Crippen molar-refractivity contribution in [2.45, 2.75) is 20.3 Å². The Morgan fingerprint density at radius 3 is 2.70 bits per heavy atom. The van der Waals surface area contributed by atoms with Crippen molar-refractivity contribution in [2.24, 2.45) is 0 Å². The summed E-state index contributed by atoms with van der Waals surface area (Å²) in [7, 11) is 0. The maximum atomic E-state index is 6.12. The minimum absolute atomic E-state index is 0.511. The largest absolute Gasteiger partial charge is 0.383 e. The normalized spacial score (nSPS) is 10.9. The van der Waals surface area contributed by atoms with E-state index >= 15 is 0 Å². The topological polar surface area (TPSA) is 64.7 Å². The zero-order valence-electron chi connectivity index (χ0n) is 11.6. The van der Waals surface area contributed by atoms with Crippen LogP contribution in [0.5, 0.6) is 0 Å². The molecule has 4 nitrogen and oxygen atoms in total. The van der Waals surface area contributed by atoms with Gasteiger partial charge in [-0.1, -0.05) is 31.2 Å². The molecule has 4 heteroatoms. The van der Waals surface area contributed by atoms with Gasteiger partial charge in [0.15, 0.2) is 5.65 Å². The van der Waals surface area contributed by atoms with E-state index in [-0.39, 0.29) is 0 Å².